The third-order valence-electron chi connectivity index (χ3n) is 3.21. The predicted molar refractivity (Wildman–Crippen MR) is 82.6 cm³/mol. The molecule has 0 heterocycles. The maximum atomic E-state index is 13.6. The van der Waals surface area contributed by atoms with Crippen molar-refractivity contribution in [3.8, 4) is 5.75 Å². The topological polar surface area (TPSA) is 35.2 Å². The quantitative estimate of drug-likeness (QED) is 0.907. The molecule has 4 heteroatoms. The average molecular weight is 338 g/mol. The van der Waals surface area contributed by atoms with Crippen LogP contribution in [0.15, 0.2) is 34.8 Å². The van der Waals surface area contributed by atoms with E-state index < -0.39 is 0 Å². The Bertz CT molecular complexity index is 622. The van der Waals surface area contributed by atoms with E-state index in [4.69, 9.17) is 10.5 Å². The Balaban J connectivity index is 2.52. The van der Waals surface area contributed by atoms with Gasteiger partial charge >= 0.3 is 0 Å². The molecule has 0 aromatic heterocycles. The fourth-order valence-corrected chi connectivity index (χ4v) is 2.69. The number of nitrogens with two attached hydrogens (primary N) is 1. The van der Waals surface area contributed by atoms with Gasteiger partial charge in [0.05, 0.1) is 17.6 Å². The highest BCUT2D eigenvalue weighted by molar-refractivity contribution is 9.10. The molecule has 0 bridgehead atoms. The summed E-state index contributed by atoms with van der Waals surface area (Å²) < 4.78 is 19.2. The van der Waals surface area contributed by atoms with Gasteiger partial charge in [-0.15, -0.1) is 0 Å². The van der Waals surface area contributed by atoms with E-state index in [9.17, 15) is 4.39 Å². The molecule has 0 aliphatic carbocycles. The molecule has 2 aromatic carbocycles. The van der Waals surface area contributed by atoms with Crippen LogP contribution in [-0.2, 0) is 0 Å². The summed E-state index contributed by atoms with van der Waals surface area (Å²) in [4.78, 5) is 0. The van der Waals surface area contributed by atoms with Gasteiger partial charge in [-0.2, -0.15) is 0 Å². The van der Waals surface area contributed by atoms with E-state index in [-0.39, 0.29) is 11.9 Å². The maximum Gasteiger partial charge on any atom is 0.141 e. The van der Waals surface area contributed by atoms with Crippen LogP contribution in [0.5, 0.6) is 5.75 Å². The molecule has 0 aliphatic heterocycles. The summed E-state index contributed by atoms with van der Waals surface area (Å²) >= 11 is 3.19. The zero-order valence-corrected chi connectivity index (χ0v) is 13.3. The van der Waals surface area contributed by atoms with E-state index in [0.717, 1.165) is 22.3 Å². The van der Waals surface area contributed by atoms with Crippen molar-refractivity contribution in [2.45, 2.75) is 19.9 Å². The number of rotatable bonds is 3. The van der Waals surface area contributed by atoms with Gasteiger partial charge in [-0.1, -0.05) is 29.3 Å². The Morgan fingerprint density at radius 1 is 1.10 bits per heavy atom. The third kappa shape index (κ3) is 3.02. The molecule has 1 unspecified atom stereocenters. The highest BCUT2D eigenvalue weighted by Gasteiger charge is 2.17. The van der Waals surface area contributed by atoms with Crippen LogP contribution >= 0.6 is 15.9 Å². The zero-order valence-electron chi connectivity index (χ0n) is 11.7. The first kappa shape index (κ1) is 15.0. The molecule has 0 spiro atoms. The van der Waals surface area contributed by atoms with Crippen LogP contribution in [0.4, 0.5) is 4.39 Å². The van der Waals surface area contributed by atoms with E-state index in [1.54, 1.807) is 6.07 Å². The lowest BCUT2D eigenvalue weighted by molar-refractivity contribution is 0.404. The van der Waals surface area contributed by atoms with Gasteiger partial charge in [0.1, 0.15) is 11.6 Å². The largest absolute Gasteiger partial charge is 0.496 e. The SMILES string of the molecule is COc1cc(F)c(Br)cc1C(N)c1cc(C)cc(C)c1. The molecule has 0 aliphatic rings. The van der Waals surface area contributed by atoms with Crippen molar-refractivity contribution in [3.05, 3.63) is 62.9 Å². The molecule has 20 heavy (non-hydrogen) atoms. The maximum absolute atomic E-state index is 13.6. The van der Waals surface area contributed by atoms with Crippen molar-refractivity contribution < 1.29 is 9.13 Å². The number of halogens is 2. The van der Waals surface area contributed by atoms with Crippen LogP contribution in [0.1, 0.15) is 28.3 Å². The molecular weight excluding hydrogens is 321 g/mol. The normalized spacial score (nSPS) is 12.3. The molecule has 1 atom stereocenters. The number of hydrogen-bond donors (Lipinski definition) is 1. The number of hydrogen-bond acceptors (Lipinski definition) is 2. The second-order valence-electron chi connectivity index (χ2n) is 4.91. The van der Waals surface area contributed by atoms with E-state index in [2.05, 4.69) is 22.0 Å². The van der Waals surface area contributed by atoms with Crippen LogP contribution in [0, 0.1) is 19.7 Å². The van der Waals surface area contributed by atoms with Crippen LogP contribution in [0.2, 0.25) is 0 Å². The van der Waals surface area contributed by atoms with Crippen LogP contribution in [0.25, 0.3) is 0 Å². The summed E-state index contributed by atoms with van der Waals surface area (Å²) in [5, 5.41) is 0. The minimum atomic E-state index is -0.363. The second-order valence-corrected chi connectivity index (χ2v) is 5.76. The minimum absolute atomic E-state index is 0.361. The number of methoxy groups -OCH3 is 1. The summed E-state index contributed by atoms with van der Waals surface area (Å²) in [6.45, 7) is 4.06. The van der Waals surface area contributed by atoms with Gasteiger partial charge in [0, 0.05) is 11.6 Å². The highest BCUT2D eigenvalue weighted by Crippen LogP contribution is 2.33. The Labute approximate surface area is 126 Å². The summed E-state index contributed by atoms with van der Waals surface area (Å²) in [5.41, 5.74) is 10.4. The molecular formula is C16H17BrFNO. The number of ether oxygens (including phenoxy) is 1. The minimum Gasteiger partial charge on any atom is -0.496 e. The standard InChI is InChI=1S/C16H17BrFNO/c1-9-4-10(2)6-11(5-9)16(19)12-7-13(17)14(18)8-15(12)20-3/h4-8,16H,19H2,1-3H3. The van der Waals surface area contributed by atoms with Gasteiger partial charge in [-0.05, 0) is 41.4 Å². The third-order valence-corrected chi connectivity index (χ3v) is 3.82. The predicted octanol–water partition coefficient (Wildman–Crippen LogP) is 4.26. The van der Waals surface area contributed by atoms with Crippen molar-refractivity contribution in [3.63, 3.8) is 0 Å². The van der Waals surface area contributed by atoms with Crippen LogP contribution in [-0.4, -0.2) is 7.11 Å². The molecule has 0 saturated heterocycles. The molecule has 106 valence electrons. The second kappa shape index (κ2) is 5.94. The summed E-state index contributed by atoms with van der Waals surface area (Å²) in [5.74, 6) is 0.0931. The van der Waals surface area contributed by atoms with E-state index in [1.165, 1.54) is 13.2 Å². The van der Waals surface area contributed by atoms with Gasteiger partial charge in [0.25, 0.3) is 0 Å². The fourth-order valence-electron chi connectivity index (χ4n) is 2.33. The summed E-state index contributed by atoms with van der Waals surface area (Å²) in [7, 11) is 1.51. The fraction of sp³-hybridized carbons (Fsp3) is 0.250. The van der Waals surface area contributed by atoms with Crippen LogP contribution < -0.4 is 10.5 Å². The number of benzene rings is 2. The van der Waals surface area contributed by atoms with Crippen LogP contribution in [0.3, 0.4) is 0 Å². The first-order chi connectivity index (χ1) is 9.42. The molecule has 0 radical (unpaired) electrons. The van der Waals surface area contributed by atoms with E-state index >= 15 is 0 Å². The van der Waals surface area contributed by atoms with Gasteiger partial charge in [0.2, 0.25) is 0 Å². The van der Waals surface area contributed by atoms with E-state index in [1.807, 2.05) is 26.0 Å². The van der Waals surface area contributed by atoms with Gasteiger partial charge < -0.3 is 10.5 Å². The van der Waals surface area contributed by atoms with Crippen molar-refractivity contribution in [1.82, 2.24) is 0 Å². The van der Waals surface area contributed by atoms with Gasteiger partial charge in [-0.25, -0.2) is 4.39 Å². The van der Waals surface area contributed by atoms with Crippen molar-refractivity contribution in [2.75, 3.05) is 7.11 Å². The lowest BCUT2D eigenvalue weighted by Gasteiger charge is -2.18. The Morgan fingerprint density at radius 2 is 1.70 bits per heavy atom. The Kier molecular flexibility index (Phi) is 4.45. The molecule has 2 rings (SSSR count). The molecule has 0 fully saturated rings. The van der Waals surface area contributed by atoms with Gasteiger partial charge in [-0.3, -0.25) is 0 Å². The zero-order chi connectivity index (χ0) is 14.9. The Hall–Kier alpha value is -1.39. The molecule has 0 saturated carbocycles. The first-order valence-corrected chi connectivity index (χ1v) is 7.08. The highest BCUT2D eigenvalue weighted by atomic mass is 79.9. The van der Waals surface area contributed by atoms with Crippen molar-refractivity contribution in [2.24, 2.45) is 5.73 Å². The smallest absolute Gasteiger partial charge is 0.141 e. The van der Waals surface area contributed by atoms with Crippen molar-refractivity contribution in [1.29, 1.82) is 0 Å². The average Bonchev–Trinajstić information content (AvgIpc) is 2.39. The monoisotopic (exact) mass is 337 g/mol. The number of aryl methyl sites for hydroxylation is 2. The molecule has 2 aromatic rings. The molecule has 2 nitrogen and oxygen atoms in total. The first-order valence-electron chi connectivity index (χ1n) is 6.29. The van der Waals surface area contributed by atoms with E-state index in [0.29, 0.717) is 10.2 Å². The lowest BCUT2D eigenvalue weighted by atomic mass is 9.95. The molecule has 2 N–H and O–H groups in total. The van der Waals surface area contributed by atoms with Gasteiger partial charge in [0.15, 0.2) is 0 Å². The van der Waals surface area contributed by atoms with Crippen molar-refractivity contribution >= 4 is 15.9 Å². The molecule has 0 amide bonds. The summed E-state index contributed by atoms with van der Waals surface area (Å²) in [6.07, 6.45) is 0. The Morgan fingerprint density at radius 3 is 2.25 bits per heavy atom. The lowest BCUT2D eigenvalue weighted by Crippen LogP contribution is -2.14. The summed E-state index contributed by atoms with van der Waals surface area (Å²) in [6, 6.07) is 8.83.